The van der Waals surface area contributed by atoms with Gasteiger partial charge in [-0.25, -0.2) is 4.79 Å². The summed E-state index contributed by atoms with van der Waals surface area (Å²) in [7, 11) is 0. The van der Waals surface area contributed by atoms with E-state index in [-0.39, 0.29) is 6.61 Å². The average molecular weight is 285 g/mol. The number of hydrogen-bond acceptors (Lipinski definition) is 3. The number of benzene rings is 1. The van der Waals surface area contributed by atoms with E-state index in [1.807, 2.05) is 19.9 Å². The zero-order chi connectivity index (χ0) is 12.3. The molecule has 4 heteroatoms. The predicted octanol–water partition coefficient (Wildman–Crippen LogP) is 2.81. The first-order chi connectivity index (χ1) is 7.47. The van der Waals surface area contributed by atoms with Crippen molar-refractivity contribution in [3.63, 3.8) is 0 Å². The van der Waals surface area contributed by atoms with E-state index in [2.05, 4.69) is 20.7 Å². The van der Waals surface area contributed by atoms with Crippen molar-refractivity contribution < 1.29 is 14.3 Å². The Morgan fingerprint density at radius 2 is 1.81 bits per heavy atom. The van der Waals surface area contributed by atoms with Gasteiger partial charge in [-0.15, -0.1) is 0 Å². The summed E-state index contributed by atoms with van der Waals surface area (Å²) in [5.41, 5.74) is 2.38. The Balaban J connectivity index is 3.09. The summed E-state index contributed by atoms with van der Waals surface area (Å²) in [6.07, 6.45) is 0. The molecule has 0 amide bonds. The van der Waals surface area contributed by atoms with Gasteiger partial charge in [-0.2, -0.15) is 0 Å². The van der Waals surface area contributed by atoms with E-state index in [4.69, 9.17) is 0 Å². The highest BCUT2D eigenvalue weighted by atomic mass is 79.9. The monoisotopic (exact) mass is 284 g/mol. The second-order valence-corrected chi connectivity index (χ2v) is 4.32. The number of carbonyl (C=O) groups is 2. The molecule has 0 atom stereocenters. The lowest BCUT2D eigenvalue weighted by Gasteiger charge is -2.07. The summed E-state index contributed by atoms with van der Waals surface area (Å²) >= 11 is 3.27. The van der Waals surface area contributed by atoms with Crippen molar-refractivity contribution in [2.75, 3.05) is 6.61 Å². The first-order valence-electron chi connectivity index (χ1n) is 4.95. The number of rotatable bonds is 3. The standard InChI is InChI=1S/C12H13BrO3/c1-4-16-12(15)11(14)9-5-7(2)8(3)6-10(9)13/h5-6H,4H2,1-3H3. The molecule has 0 radical (unpaired) electrons. The highest BCUT2D eigenvalue weighted by Gasteiger charge is 2.20. The summed E-state index contributed by atoms with van der Waals surface area (Å²) in [6, 6.07) is 3.51. The molecule has 0 aromatic heterocycles. The molecular formula is C12H13BrO3. The lowest BCUT2D eigenvalue weighted by Crippen LogP contribution is -2.18. The second-order valence-electron chi connectivity index (χ2n) is 3.47. The van der Waals surface area contributed by atoms with E-state index < -0.39 is 11.8 Å². The third-order valence-electron chi connectivity index (χ3n) is 2.29. The summed E-state index contributed by atoms with van der Waals surface area (Å²) in [5, 5.41) is 0. The van der Waals surface area contributed by atoms with Gasteiger partial charge in [0.05, 0.1) is 6.61 Å². The fraction of sp³-hybridized carbons (Fsp3) is 0.333. The van der Waals surface area contributed by atoms with Crippen LogP contribution < -0.4 is 0 Å². The van der Waals surface area contributed by atoms with Crippen molar-refractivity contribution >= 4 is 27.7 Å². The van der Waals surface area contributed by atoms with E-state index >= 15 is 0 Å². The minimum Gasteiger partial charge on any atom is -0.460 e. The van der Waals surface area contributed by atoms with Crippen molar-refractivity contribution in [1.82, 2.24) is 0 Å². The molecule has 0 saturated carbocycles. The molecule has 1 rings (SSSR count). The fourth-order valence-electron chi connectivity index (χ4n) is 1.26. The number of carbonyl (C=O) groups excluding carboxylic acids is 2. The van der Waals surface area contributed by atoms with Crippen molar-refractivity contribution in [2.45, 2.75) is 20.8 Å². The first kappa shape index (κ1) is 12.9. The molecule has 0 aliphatic heterocycles. The van der Waals surface area contributed by atoms with Crippen LogP contribution in [0.2, 0.25) is 0 Å². The number of ketones is 1. The Hall–Kier alpha value is -1.16. The molecule has 1 aromatic carbocycles. The molecule has 0 heterocycles. The van der Waals surface area contributed by atoms with Gasteiger partial charge in [-0.1, -0.05) is 15.9 Å². The third-order valence-corrected chi connectivity index (χ3v) is 2.94. The van der Waals surface area contributed by atoms with Crippen molar-refractivity contribution in [2.24, 2.45) is 0 Å². The summed E-state index contributed by atoms with van der Waals surface area (Å²) < 4.78 is 5.29. The van der Waals surface area contributed by atoms with Gasteiger partial charge in [0.2, 0.25) is 0 Å². The van der Waals surface area contributed by atoms with Crippen LogP contribution in [-0.2, 0) is 9.53 Å². The Morgan fingerprint density at radius 1 is 1.25 bits per heavy atom. The molecule has 0 saturated heterocycles. The van der Waals surface area contributed by atoms with Crippen molar-refractivity contribution in [1.29, 1.82) is 0 Å². The second kappa shape index (κ2) is 5.25. The molecule has 0 bridgehead atoms. The van der Waals surface area contributed by atoms with Crippen LogP contribution in [0.25, 0.3) is 0 Å². The van der Waals surface area contributed by atoms with Gasteiger partial charge in [-0.3, -0.25) is 4.79 Å². The van der Waals surface area contributed by atoms with Gasteiger partial charge < -0.3 is 4.74 Å². The van der Waals surface area contributed by atoms with Crippen LogP contribution in [0.5, 0.6) is 0 Å². The number of ether oxygens (including phenoxy) is 1. The van der Waals surface area contributed by atoms with E-state index in [0.29, 0.717) is 10.0 Å². The number of Topliss-reactive ketones (excluding diaryl/α,β-unsaturated/α-hetero) is 1. The Kier molecular flexibility index (Phi) is 4.24. The van der Waals surface area contributed by atoms with E-state index in [0.717, 1.165) is 11.1 Å². The van der Waals surface area contributed by atoms with Gasteiger partial charge in [-0.05, 0) is 44.0 Å². The first-order valence-corrected chi connectivity index (χ1v) is 5.74. The lowest BCUT2D eigenvalue weighted by atomic mass is 10.0. The quantitative estimate of drug-likeness (QED) is 0.487. The Labute approximate surface area is 103 Å². The number of halogens is 1. The predicted molar refractivity (Wildman–Crippen MR) is 64.6 cm³/mol. The molecule has 0 fully saturated rings. The minimum atomic E-state index is -0.813. The smallest absolute Gasteiger partial charge is 0.379 e. The average Bonchev–Trinajstić information content (AvgIpc) is 2.23. The summed E-state index contributed by atoms with van der Waals surface area (Å²) in [6.45, 7) is 5.70. The molecule has 16 heavy (non-hydrogen) atoms. The van der Waals surface area contributed by atoms with E-state index in [1.54, 1.807) is 13.0 Å². The Bertz CT molecular complexity index is 438. The Morgan fingerprint density at radius 3 is 2.38 bits per heavy atom. The van der Waals surface area contributed by atoms with Gasteiger partial charge >= 0.3 is 5.97 Å². The van der Waals surface area contributed by atoms with Gasteiger partial charge in [0, 0.05) is 10.0 Å². The summed E-state index contributed by atoms with van der Waals surface area (Å²) in [5.74, 6) is -1.43. The van der Waals surface area contributed by atoms with E-state index in [1.165, 1.54) is 0 Å². The molecule has 0 aliphatic carbocycles. The highest BCUT2D eigenvalue weighted by Crippen LogP contribution is 2.22. The normalized spacial score (nSPS) is 10.0. The van der Waals surface area contributed by atoms with Gasteiger partial charge in [0.1, 0.15) is 0 Å². The number of aryl methyl sites for hydroxylation is 2. The molecule has 86 valence electrons. The number of esters is 1. The van der Waals surface area contributed by atoms with Crippen molar-refractivity contribution in [3.8, 4) is 0 Å². The maximum absolute atomic E-state index is 11.7. The molecule has 0 N–H and O–H groups in total. The largest absolute Gasteiger partial charge is 0.460 e. The van der Waals surface area contributed by atoms with Crippen LogP contribution >= 0.6 is 15.9 Å². The molecule has 0 spiro atoms. The maximum Gasteiger partial charge on any atom is 0.379 e. The van der Waals surface area contributed by atoms with Crippen LogP contribution in [0.15, 0.2) is 16.6 Å². The van der Waals surface area contributed by atoms with Crippen LogP contribution in [0, 0.1) is 13.8 Å². The zero-order valence-electron chi connectivity index (χ0n) is 9.46. The minimum absolute atomic E-state index is 0.201. The van der Waals surface area contributed by atoms with Crippen LogP contribution in [-0.4, -0.2) is 18.4 Å². The number of hydrogen-bond donors (Lipinski definition) is 0. The SMILES string of the molecule is CCOC(=O)C(=O)c1cc(C)c(C)cc1Br. The van der Waals surface area contributed by atoms with Crippen LogP contribution in [0.4, 0.5) is 0 Å². The topological polar surface area (TPSA) is 43.4 Å². The fourth-order valence-corrected chi connectivity index (χ4v) is 1.90. The molecular weight excluding hydrogens is 272 g/mol. The zero-order valence-corrected chi connectivity index (χ0v) is 11.1. The van der Waals surface area contributed by atoms with Crippen molar-refractivity contribution in [3.05, 3.63) is 33.3 Å². The van der Waals surface area contributed by atoms with E-state index in [9.17, 15) is 9.59 Å². The van der Waals surface area contributed by atoms with Gasteiger partial charge in [0.15, 0.2) is 0 Å². The summed E-state index contributed by atoms with van der Waals surface area (Å²) in [4.78, 5) is 23.0. The lowest BCUT2D eigenvalue weighted by molar-refractivity contribution is -0.137. The van der Waals surface area contributed by atoms with Crippen LogP contribution in [0.1, 0.15) is 28.4 Å². The van der Waals surface area contributed by atoms with Crippen LogP contribution in [0.3, 0.4) is 0 Å². The third kappa shape index (κ3) is 2.70. The maximum atomic E-state index is 11.7. The molecule has 0 unspecified atom stereocenters. The molecule has 0 aliphatic rings. The van der Waals surface area contributed by atoms with Gasteiger partial charge in [0.25, 0.3) is 5.78 Å². The molecule has 1 aromatic rings. The molecule has 3 nitrogen and oxygen atoms in total. The highest BCUT2D eigenvalue weighted by molar-refractivity contribution is 9.10.